The summed E-state index contributed by atoms with van der Waals surface area (Å²) in [6.45, 7) is 1.97. The number of nitriles is 1. The van der Waals surface area contributed by atoms with Crippen LogP contribution in [0.4, 0.5) is 11.5 Å². The van der Waals surface area contributed by atoms with E-state index in [1.807, 2.05) is 13.0 Å². The van der Waals surface area contributed by atoms with Crippen LogP contribution in [0.1, 0.15) is 11.1 Å². The van der Waals surface area contributed by atoms with E-state index in [0.29, 0.717) is 22.1 Å². The minimum atomic E-state index is 0.523. The molecule has 5 heteroatoms. The lowest BCUT2D eigenvalue weighted by Gasteiger charge is -2.10. The summed E-state index contributed by atoms with van der Waals surface area (Å²) in [4.78, 5) is 4.23. The van der Waals surface area contributed by atoms with Crippen molar-refractivity contribution in [1.29, 1.82) is 5.26 Å². The van der Waals surface area contributed by atoms with E-state index in [4.69, 9.17) is 16.9 Å². The molecule has 90 valence electrons. The highest BCUT2D eigenvalue weighted by molar-refractivity contribution is 9.10. The fraction of sp³-hybridized carbons (Fsp3) is 0.0769. The summed E-state index contributed by atoms with van der Waals surface area (Å²) >= 11 is 9.39. The summed E-state index contributed by atoms with van der Waals surface area (Å²) in [6.07, 6.45) is 1.71. The molecule has 0 bridgehead atoms. The number of pyridine rings is 1. The van der Waals surface area contributed by atoms with Gasteiger partial charge < -0.3 is 5.32 Å². The highest BCUT2D eigenvalue weighted by atomic mass is 79.9. The molecule has 0 atom stereocenters. The number of benzene rings is 1. The van der Waals surface area contributed by atoms with Crippen LogP contribution in [0.2, 0.25) is 5.02 Å². The van der Waals surface area contributed by atoms with E-state index in [2.05, 4.69) is 32.3 Å². The minimum absolute atomic E-state index is 0.523. The normalized spacial score (nSPS) is 9.89. The van der Waals surface area contributed by atoms with Gasteiger partial charge in [0.1, 0.15) is 11.9 Å². The maximum absolute atomic E-state index is 9.05. The Kier molecular flexibility index (Phi) is 3.85. The summed E-state index contributed by atoms with van der Waals surface area (Å²) < 4.78 is 0.869. The number of nitrogens with one attached hydrogen (secondary N) is 1. The molecule has 1 N–H and O–H groups in total. The zero-order valence-corrected chi connectivity index (χ0v) is 11.9. The molecule has 0 aliphatic rings. The fourth-order valence-electron chi connectivity index (χ4n) is 1.47. The zero-order chi connectivity index (χ0) is 13.1. The summed E-state index contributed by atoms with van der Waals surface area (Å²) in [5.41, 5.74) is 2.23. The van der Waals surface area contributed by atoms with Crippen molar-refractivity contribution in [2.75, 3.05) is 5.32 Å². The van der Waals surface area contributed by atoms with Gasteiger partial charge in [0.25, 0.3) is 0 Å². The van der Waals surface area contributed by atoms with Gasteiger partial charge in [-0.2, -0.15) is 5.26 Å². The van der Waals surface area contributed by atoms with Crippen LogP contribution in [0, 0.1) is 18.3 Å². The molecule has 0 radical (unpaired) electrons. The monoisotopic (exact) mass is 321 g/mol. The van der Waals surface area contributed by atoms with E-state index in [9.17, 15) is 0 Å². The first kappa shape index (κ1) is 12.9. The summed E-state index contributed by atoms with van der Waals surface area (Å²) in [6, 6.07) is 9.08. The topological polar surface area (TPSA) is 48.7 Å². The van der Waals surface area contributed by atoms with Crippen molar-refractivity contribution in [2.45, 2.75) is 6.92 Å². The predicted molar refractivity (Wildman–Crippen MR) is 76.1 cm³/mol. The number of aryl methyl sites for hydroxylation is 1. The third-order valence-corrected chi connectivity index (χ3v) is 3.67. The van der Waals surface area contributed by atoms with Gasteiger partial charge in [0, 0.05) is 11.2 Å². The Labute approximate surface area is 119 Å². The van der Waals surface area contributed by atoms with E-state index < -0.39 is 0 Å². The predicted octanol–water partition coefficient (Wildman–Crippen LogP) is 4.42. The van der Waals surface area contributed by atoms with Crippen LogP contribution in [0.3, 0.4) is 0 Å². The quantitative estimate of drug-likeness (QED) is 0.890. The third-order valence-electron chi connectivity index (χ3n) is 2.44. The SMILES string of the molecule is Cc1ccnc(Nc2cc(Cl)ccc2C#N)c1Br. The van der Waals surface area contributed by atoms with Gasteiger partial charge >= 0.3 is 0 Å². The number of hydrogen-bond acceptors (Lipinski definition) is 3. The number of halogens is 2. The smallest absolute Gasteiger partial charge is 0.144 e. The molecule has 0 aliphatic carbocycles. The van der Waals surface area contributed by atoms with Gasteiger partial charge in [-0.3, -0.25) is 0 Å². The van der Waals surface area contributed by atoms with Gasteiger partial charge in [0.15, 0.2) is 0 Å². The van der Waals surface area contributed by atoms with Crippen LogP contribution >= 0.6 is 27.5 Å². The molecule has 2 aromatic rings. The zero-order valence-electron chi connectivity index (χ0n) is 9.54. The van der Waals surface area contributed by atoms with Crippen molar-refractivity contribution < 1.29 is 0 Å². The lowest BCUT2D eigenvalue weighted by atomic mass is 10.2. The molecule has 0 aliphatic heterocycles. The molecular formula is C13H9BrClN3. The molecular weight excluding hydrogens is 314 g/mol. The second-order valence-corrected chi connectivity index (χ2v) is 4.95. The Bertz CT molecular complexity index is 635. The van der Waals surface area contributed by atoms with Crippen molar-refractivity contribution in [1.82, 2.24) is 4.98 Å². The number of hydrogen-bond donors (Lipinski definition) is 1. The Morgan fingerprint density at radius 1 is 1.39 bits per heavy atom. The van der Waals surface area contributed by atoms with Crippen molar-refractivity contribution in [2.24, 2.45) is 0 Å². The van der Waals surface area contributed by atoms with Crippen LogP contribution in [-0.4, -0.2) is 4.98 Å². The lowest BCUT2D eigenvalue weighted by molar-refractivity contribution is 1.25. The molecule has 0 fully saturated rings. The molecule has 0 spiro atoms. The van der Waals surface area contributed by atoms with Gasteiger partial charge in [0.05, 0.1) is 15.7 Å². The van der Waals surface area contributed by atoms with Gasteiger partial charge in [-0.05, 0) is 52.7 Å². The van der Waals surface area contributed by atoms with Crippen LogP contribution in [-0.2, 0) is 0 Å². The first-order chi connectivity index (χ1) is 8.61. The molecule has 1 heterocycles. The van der Waals surface area contributed by atoms with Gasteiger partial charge in [-0.1, -0.05) is 11.6 Å². The fourth-order valence-corrected chi connectivity index (χ4v) is 1.98. The average Bonchev–Trinajstić information content (AvgIpc) is 2.35. The first-order valence-corrected chi connectivity index (χ1v) is 6.36. The maximum Gasteiger partial charge on any atom is 0.144 e. The lowest BCUT2D eigenvalue weighted by Crippen LogP contribution is -1.98. The highest BCUT2D eigenvalue weighted by Gasteiger charge is 2.08. The Balaban J connectivity index is 2.43. The van der Waals surface area contributed by atoms with Crippen molar-refractivity contribution in [3.63, 3.8) is 0 Å². The van der Waals surface area contributed by atoms with Crippen LogP contribution in [0.25, 0.3) is 0 Å². The third kappa shape index (κ3) is 2.63. The minimum Gasteiger partial charge on any atom is -0.338 e. The summed E-state index contributed by atoms with van der Waals surface area (Å²) in [7, 11) is 0. The van der Waals surface area contributed by atoms with E-state index in [-0.39, 0.29) is 0 Å². The largest absolute Gasteiger partial charge is 0.338 e. The van der Waals surface area contributed by atoms with Crippen LogP contribution in [0.5, 0.6) is 0 Å². The van der Waals surface area contributed by atoms with E-state index >= 15 is 0 Å². The molecule has 2 rings (SSSR count). The van der Waals surface area contributed by atoms with E-state index in [1.54, 1.807) is 24.4 Å². The Hall–Kier alpha value is -1.57. The van der Waals surface area contributed by atoms with Crippen molar-refractivity contribution in [3.05, 3.63) is 51.1 Å². The standard InChI is InChI=1S/C13H9BrClN3/c1-8-4-5-17-13(12(8)14)18-11-6-10(15)3-2-9(11)7-16/h2-6H,1H3,(H,17,18). The maximum atomic E-state index is 9.05. The highest BCUT2D eigenvalue weighted by Crippen LogP contribution is 2.29. The molecule has 0 saturated carbocycles. The van der Waals surface area contributed by atoms with Gasteiger partial charge in [-0.15, -0.1) is 0 Å². The van der Waals surface area contributed by atoms with E-state index in [0.717, 1.165) is 10.0 Å². The van der Waals surface area contributed by atoms with Crippen molar-refractivity contribution >= 4 is 39.0 Å². The summed E-state index contributed by atoms with van der Waals surface area (Å²) in [5.74, 6) is 0.661. The molecule has 0 amide bonds. The van der Waals surface area contributed by atoms with E-state index in [1.165, 1.54) is 0 Å². The Morgan fingerprint density at radius 2 is 2.17 bits per heavy atom. The number of anilines is 2. The van der Waals surface area contributed by atoms with Gasteiger partial charge in [-0.25, -0.2) is 4.98 Å². The van der Waals surface area contributed by atoms with Crippen LogP contribution < -0.4 is 5.32 Å². The average molecular weight is 323 g/mol. The second-order valence-electron chi connectivity index (χ2n) is 3.72. The number of rotatable bonds is 2. The number of nitrogens with zero attached hydrogens (tertiary/aromatic N) is 2. The van der Waals surface area contributed by atoms with Crippen molar-refractivity contribution in [3.8, 4) is 6.07 Å². The second kappa shape index (κ2) is 5.38. The van der Waals surface area contributed by atoms with Crippen LogP contribution in [0.15, 0.2) is 34.9 Å². The summed E-state index contributed by atoms with van der Waals surface area (Å²) in [5, 5.41) is 12.7. The number of aromatic nitrogens is 1. The molecule has 0 unspecified atom stereocenters. The molecule has 18 heavy (non-hydrogen) atoms. The first-order valence-electron chi connectivity index (χ1n) is 5.19. The Morgan fingerprint density at radius 3 is 2.89 bits per heavy atom. The molecule has 1 aromatic heterocycles. The molecule has 1 aromatic carbocycles. The molecule has 3 nitrogen and oxygen atoms in total. The molecule has 0 saturated heterocycles. The van der Waals surface area contributed by atoms with Gasteiger partial charge in [0.2, 0.25) is 0 Å².